The van der Waals surface area contributed by atoms with Crippen molar-refractivity contribution in [3.8, 4) is 5.75 Å². The first-order valence-corrected chi connectivity index (χ1v) is 10.4. The largest absolute Gasteiger partial charge is 0.488 e. The maximum absolute atomic E-state index is 13.9. The van der Waals surface area contributed by atoms with Crippen molar-refractivity contribution in [3.63, 3.8) is 0 Å². The van der Waals surface area contributed by atoms with E-state index in [1.807, 2.05) is 0 Å². The van der Waals surface area contributed by atoms with Crippen LogP contribution in [0, 0.1) is 5.82 Å². The summed E-state index contributed by atoms with van der Waals surface area (Å²) in [7, 11) is 0. The Bertz CT molecular complexity index is 1200. The average Bonchev–Trinajstić information content (AvgIpc) is 3.02. The van der Waals surface area contributed by atoms with Crippen LogP contribution in [0.4, 0.5) is 14.9 Å². The molecule has 31 heavy (non-hydrogen) atoms. The first kappa shape index (κ1) is 21.1. The number of benzene rings is 3. The third-order valence-electron chi connectivity index (χ3n) is 4.58. The van der Waals surface area contributed by atoms with Gasteiger partial charge in [0.2, 0.25) is 0 Å². The third-order valence-corrected chi connectivity index (χ3v) is 5.32. The highest BCUT2D eigenvalue weighted by Gasteiger charge is 2.35. The second kappa shape index (κ2) is 8.91. The Morgan fingerprint density at radius 2 is 1.81 bits per heavy atom. The zero-order chi connectivity index (χ0) is 22.0. The Balaban J connectivity index is 1.61. The molecule has 5 nitrogen and oxygen atoms in total. The molecule has 3 aromatic carbocycles. The summed E-state index contributed by atoms with van der Waals surface area (Å²) in [6.45, 7) is 0.0156. The fraction of sp³-hybridized carbons (Fsp3) is 0.0435. The number of rotatable bonds is 5. The van der Waals surface area contributed by atoms with Gasteiger partial charge in [0.25, 0.3) is 5.91 Å². The normalized spacial score (nSPS) is 14.8. The minimum Gasteiger partial charge on any atom is -0.488 e. The number of carbonyl (C=O) groups is 2. The van der Waals surface area contributed by atoms with Crippen molar-refractivity contribution < 1.29 is 18.7 Å². The molecule has 0 aliphatic carbocycles. The molecule has 0 saturated carbocycles. The molecule has 0 aromatic heterocycles. The van der Waals surface area contributed by atoms with Crippen LogP contribution < -0.4 is 15.0 Å². The Kier molecular flexibility index (Phi) is 6.06. The lowest BCUT2D eigenvalue weighted by Crippen LogP contribution is -2.30. The quantitative estimate of drug-likeness (QED) is 0.349. The van der Waals surface area contributed by atoms with Crippen molar-refractivity contribution in [3.05, 3.63) is 98.9 Å². The third kappa shape index (κ3) is 4.62. The van der Waals surface area contributed by atoms with Crippen LogP contribution in [0.5, 0.6) is 5.75 Å². The van der Waals surface area contributed by atoms with E-state index in [1.54, 1.807) is 60.7 Å². The minimum absolute atomic E-state index is 0.0156. The Hall–Kier alpha value is -3.16. The number of hydrogen-bond donors (Lipinski definition) is 1. The highest BCUT2D eigenvalue weighted by Crippen LogP contribution is 2.29. The maximum atomic E-state index is 13.9. The van der Waals surface area contributed by atoms with Gasteiger partial charge in [-0.15, -0.1) is 0 Å². The summed E-state index contributed by atoms with van der Waals surface area (Å²) in [5.74, 6) is -0.436. The SMILES string of the molecule is O=C1N/C(=C/c2cc(Br)ccc2OCc2ccccc2F)C(=O)N1c1ccc(Cl)cc1. The summed E-state index contributed by atoms with van der Waals surface area (Å²) < 4.78 is 20.5. The molecule has 4 rings (SSSR count). The van der Waals surface area contributed by atoms with Crippen LogP contribution in [-0.4, -0.2) is 11.9 Å². The Morgan fingerprint density at radius 1 is 1.06 bits per heavy atom. The number of ether oxygens (including phenoxy) is 1. The molecule has 3 amide bonds. The van der Waals surface area contributed by atoms with Crippen molar-refractivity contribution in [2.45, 2.75) is 6.61 Å². The van der Waals surface area contributed by atoms with Crippen LogP contribution in [0.2, 0.25) is 5.02 Å². The monoisotopic (exact) mass is 500 g/mol. The van der Waals surface area contributed by atoms with E-state index in [2.05, 4.69) is 21.2 Å². The number of nitrogens with one attached hydrogen (secondary N) is 1. The Labute approximate surface area is 191 Å². The molecule has 8 heteroatoms. The molecule has 3 aromatic rings. The molecule has 1 heterocycles. The summed E-state index contributed by atoms with van der Waals surface area (Å²) in [4.78, 5) is 26.3. The molecule has 0 radical (unpaired) electrons. The number of imide groups is 1. The number of nitrogens with zero attached hydrogens (tertiary/aromatic N) is 1. The molecule has 0 atom stereocenters. The fourth-order valence-electron chi connectivity index (χ4n) is 3.05. The lowest BCUT2D eigenvalue weighted by molar-refractivity contribution is -0.113. The summed E-state index contributed by atoms with van der Waals surface area (Å²) in [6, 6.07) is 17.4. The number of amides is 3. The van der Waals surface area contributed by atoms with E-state index in [9.17, 15) is 14.0 Å². The highest BCUT2D eigenvalue weighted by molar-refractivity contribution is 9.10. The van der Waals surface area contributed by atoms with Crippen LogP contribution in [0.15, 0.2) is 76.9 Å². The first-order valence-electron chi connectivity index (χ1n) is 9.21. The molecule has 0 unspecified atom stereocenters. The molecule has 1 saturated heterocycles. The zero-order valence-corrected chi connectivity index (χ0v) is 18.3. The van der Waals surface area contributed by atoms with Gasteiger partial charge in [-0.2, -0.15) is 0 Å². The number of anilines is 1. The molecule has 0 spiro atoms. The van der Waals surface area contributed by atoms with Gasteiger partial charge in [-0.1, -0.05) is 45.7 Å². The second-order valence-corrected chi connectivity index (χ2v) is 8.02. The minimum atomic E-state index is -0.567. The molecule has 156 valence electrons. The zero-order valence-electron chi connectivity index (χ0n) is 15.9. The van der Waals surface area contributed by atoms with Crippen LogP contribution >= 0.6 is 27.5 Å². The predicted molar refractivity (Wildman–Crippen MR) is 120 cm³/mol. The van der Waals surface area contributed by atoms with Gasteiger partial charge >= 0.3 is 6.03 Å². The van der Waals surface area contributed by atoms with E-state index in [1.165, 1.54) is 12.1 Å². The van der Waals surface area contributed by atoms with Crippen molar-refractivity contribution in [2.24, 2.45) is 0 Å². The first-order chi connectivity index (χ1) is 14.9. The number of urea groups is 1. The van der Waals surface area contributed by atoms with Crippen molar-refractivity contribution in [1.82, 2.24) is 5.32 Å². The fourth-order valence-corrected chi connectivity index (χ4v) is 3.55. The topological polar surface area (TPSA) is 58.6 Å². The predicted octanol–water partition coefficient (Wildman–Crippen LogP) is 5.92. The van der Waals surface area contributed by atoms with Crippen LogP contribution in [0.1, 0.15) is 11.1 Å². The van der Waals surface area contributed by atoms with Crippen LogP contribution in [-0.2, 0) is 11.4 Å². The van der Waals surface area contributed by atoms with Gasteiger partial charge in [0.1, 0.15) is 23.9 Å². The van der Waals surface area contributed by atoms with Gasteiger partial charge in [-0.25, -0.2) is 14.1 Å². The van der Waals surface area contributed by atoms with E-state index in [4.69, 9.17) is 16.3 Å². The van der Waals surface area contributed by atoms with E-state index < -0.39 is 11.9 Å². The van der Waals surface area contributed by atoms with Crippen molar-refractivity contribution in [1.29, 1.82) is 0 Å². The summed E-state index contributed by atoms with van der Waals surface area (Å²) in [5.41, 5.74) is 1.45. The van der Waals surface area contributed by atoms with Gasteiger partial charge in [0, 0.05) is 20.6 Å². The summed E-state index contributed by atoms with van der Waals surface area (Å²) >= 11 is 9.28. The molecule has 0 bridgehead atoms. The van der Waals surface area contributed by atoms with E-state index in [0.717, 1.165) is 9.37 Å². The average molecular weight is 502 g/mol. The second-order valence-electron chi connectivity index (χ2n) is 6.67. The Morgan fingerprint density at radius 3 is 2.55 bits per heavy atom. The summed E-state index contributed by atoms with van der Waals surface area (Å²) in [6.07, 6.45) is 1.53. The van der Waals surface area contributed by atoms with Gasteiger partial charge in [0.15, 0.2) is 0 Å². The van der Waals surface area contributed by atoms with Crippen LogP contribution in [0.3, 0.4) is 0 Å². The van der Waals surface area contributed by atoms with Gasteiger partial charge < -0.3 is 10.1 Å². The highest BCUT2D eigenvalue weighted by atomic mass is 79.9. The van der Waals surface area contributed by atoms with Gasteiger partial charge in [-0.05, 0) is 54.6 Å². The summed E-state index contributed by atoms with van der Waals surface area (Å²) in [5, 5.41) is 3.08. The van der Waals surface area contributed by atoms with Crippen molar-refractivity contribution in [2.75, 3.05) is 4.90 Å². The van der Waals surface area contributed by atoms with Crippen LogP contribution in [0.25, 0.3) is 6.08 Å². The van der Waals surface area contributed by atoms with Gasteiger partial charge in [-0.3, -0.25) is 4.79 Å². The molecule has 1 aliphatic heterocycles. The number of carbonyl (C=O) groups excluding carboxylic acids is 2. The standard InChI is InChI=1S/C23H15BrClFN2O3/c24-16-5-10-21(31-13-14-3-1-2-4-19(14)26)15(11-16)12-20-22(29)28(23(30)27-20)18-8-6-17(25)7-9-18/h1-12H,13H2,(H,27,30)/b20-12+. The van der Waals surface area contributed by atoms with E-state index >= 15 is 0 Å². The molecular weight excluding hydrogens is 487 g/mol. The maximum Gasteiger partial charge on any atom is 0.333 e. The smallest absolute Gasteiger partial charge is 0.333 e. The lowest BCUT2D eigenvalue weighted by Gasteiger charge is -2.12. The van der Waals surface area contributed by atoms with E-state index in [-0.39, 0.29) is 18.1 Å². The number of halogens is 3. The lowest BCUT2D eigenvalue weighted by atomic mass is 10.1. The number of hydrogen-bond acceptors (Lipinski definition) is 3. The van der Waals surface area contributed by atoms with Gasteiger partial charge in [0.05, 0.1) is 5.69 Å². The van der Waals surface area contributed by atoms with Crippen molar-refractivity contribution >= 4 is 51.2 Å². The molecule has 1 N–H and O–H groups in total. The molecular formula is C23H15BrClFN2O3. The van der Waals surface area contributed by atoms with E-state index in [0.29, 0.717) is 27.6 Å². The molecule has 1 fully saturated rings. The molecule has 1 aliphatic rings.